The quantitative estimate of drug-likeness (QED) is 0.391. The number of ether oxygens (including phenoxy) is 2. The van der Waals surface area contributed by atoms with Crippen LogP contribution in [0, 0.1) is 10.1 Å². The van der Waals surface area contributed by atoms with Crippen LogP contribution in [-0.2, 0) is 16.5 Å². The Morgan fingerprint density at radius 3 is 2.48 bits per heavy atom. The first kappa shape index (κ1) is 16.9. The number of anilines is 2. The number of nitrogens with one attached hydrogen (secondary N) is 1. The van der Waals surface area contributed by atoms with Gasteiger partial charge in [0, 0.05) is 20.3 Å². The number of aromatic nitrogens is 2. The summed E-state index contributed by atoms with van der Waals surface area (Å²) in [5, 5.41) is 13.7. The van der Waals surface area contributed by atoms with Crippen molar-refractivity contribution in [1.29, 1.82) is 0 Å². The second-order valence-corrected chi connectivity index (χ2v) is 4.01. The Kier molecular flexibility index (Phi) is 6.06. The average Bonchev–Trinajstić information content (AvgIpc) is 2.42. The molecule has 0 fully saturated rings. The van der Waals surface area contributed by atoms with Gasteiger partial charge in [0.2, 0.25) is 11.8 Å². The molecule has 0 radical (unpaired) electrons. The number of hydrogen-bond donors (Lipinski definition) is 2. The van der Waals surface area contributed by atoms with Gasteiger partial charge in [0.05, 0.1) is 11.5 Å². The van der Waals surface area contributed by atoms with E-state index in [9.17, 15) is 14.9 Å². The molecule has 0 saturated carbocycles. The fourth-order valence-electron chi connectivity index (χ4n) is 1.61. The van der Waals surface area contributed by atoms with E-state index in [1.54, 1.807) is 13.8 Å². The number of nitrogen functional groups attached to an aromatic ring is 1. The minimum atomic E-state index is -0.834. The first-order valence-electron chi connectivity index (χ1n) is 6.40. The van der Waals surface area contributed by atoms with E-state index in [2.05, 4.69) is 10.3 Å². The van der Waals surface area contributed by atoms with Crippen molar-refractivity contribution in [2.45, 2.75) is 20.1 Å². The van der Waals surface area contributed by atoms with E-state index in [-0.39, 0.29) is 18.3 Å². The molecule has 0 bridgehead atoms. The molecule has 0 amide bonds. The van der Waals surface area contributed by atoms with E-state index in [0.29, 0.717) is 13.2 Å². The molecular weight excluding hydrogens is 282 g/mol. The van der Waals surface area contributed by atoms with E-state index in [1.165, 1.54) is 7.05 Å². The van der Waals surface area contributed by atoms with Crippen LogP contribution in [0.25, 0.3) is 0 Å². The van der Waals surface area contributed by atoms with Crippen LogP contribution in [0.1, 0.15) is 13.8 Å². The summed E-state index contributed by atoms with van der Waals surface area (Å²) in [6.45, 7) is 4.52. The summed E-state index contributed by atoms with van der Waals surface area (Å²) in [7, 11) is 1.31. The smallest absolute Gasteiger partial charge is 0.369 e. The predicted molar refractivity (Wildman–Crippen MR) is 76.1 cm³/mol. The first-order valence-corrected chi connectivity index (χ1v) is 6.40. The van der Waals surface area contributed by atoms with Crippen LogP contribution in [0.2, 0.25) is 0 Å². The molecule has 0 aliphatic carbocycles. The Morgan fingerprint density at radius 2 is 2.00 bits per heavy atom. The highest BCUT2D eigenvalue weighted by Crippen LogP contribution is 2.18. The molecular formula is C11H19N5O5. The van der Waals surface area contributed by atoms with Crippen LogP contribution >= 0.6 is 0 Å². The highest BCUT2D eigenvalue weighted by molar-refractivity contribution is 5.56. The normalized spacial score (nSPS) is 10.9. The van der Waals surface area contributed by atoms with Crippen molar-refractivity contribution >= 4 is 17.5 Å². The molecule has 0 atom stereocenters. The highest BCUT2D eigenvalue weighted by atomic mass is 16.7. The minimum Gasteiger partial charge on any atom is -0.369 e. The lowest BCUT2D eigenvalue weighted by Crippen LogP contribution is -2.30. The van der Waals surface area contributed by atoms with Crippen molar-refractivity contribution in [3.63, 3.8) is 0 Å². The van der Waals surface area contributed by atoms with Gasteiger partial charge in [-0.3, -0.25) is 19.5 Å². The van der Waals surface area contributed by atoms with Crippen molar-refractivity contribution in [2.75, 3.05) is 30.8 Å². The van der Waals surface area contributed by atoms with Crippen molar-refractivity contribution in [3.8, 4) is 0 Å². The zero-order valence-corrected chi connectivity index (χ0v) is 12.2. The topological polar surface area (TPSA) is 135 Å². The third-order valence-electron chi connectivity index (χ3n) is 2.63. The zero-order chi connectivity index (χ0) is 16.0. The Labute approximate surface area is 121 Å². The predicted octanol–water partition coefficient (Wildman–Crippen LogP) is 0.0817. The second-order valence-electron chi connectivity index (χ2n) is 4.01. The van der Waals surface area contributed by atoms with Gasteiger partial charge in [-0.15, -0.1) is 0 Å². The van der Waals surface area contributed by atoms with Gasteiger partial charge in [-0.1, -0.05) is 0 Å². The van der Waals surface area contributed by atoms with Crippen molar-refractivity contribution in [1.82, 2.24) is 9.55 Å². The molecule has 1 rings (SSSR count). The van der Waals surface area contributed by atoms with E-state index >= 15 is 0 Å². The molecule has 118 valence electrons. The summed E-state index contributed by atoms with van der Waals surface area (Å²) in [5.74, 6) is -0.331. The summed E-state index contributed by atoms with van der Waals surface area (Å²) >= 11 is 0. The minimum absolute atomic E-state index is 0.0993. The molecule has 0 unspecified atom stereocenters. The number of nitro groups is 1. The molecule has 1 aromatic heterocycles. The van der Waals surface area contributed by atoms with Crippen LogP contribution in [0.3, 0.4) is 0 Å². The van der Waals surface area contributed by atoms with Gasteiger partial charge < -0.3 is 20.5 Å². The molecule has 21 heavy (non-hydrogen) atoms. The number of hydrogen-bond acceptors (Lipinski definition) is 8. The maximum atomic E-state index is 11.8. The Morgan fingerprint density at radius 1 is 1.43 bits per heavy atom. The Balaban J connectivity index is 3.02. The van der Waals surface area contributed by atoms with Crippen LogP contribution in [-0.4, -0.2) is 40.5 Å². The first-order chi connectivity index (χ1) is 9.92. The molecule has 1 heterocycles. The lowest BCUT2D eigenvalue weighted by atomic mass is 10.4. The van der Waals surface area contributed by atoms with Gasteiger partial charge >= 0.3 is 11.2 Å². The monoisotopic (exact) mass is 301 g/mol. The number of rotatable bonds is 8. The SMILES string of the molecule is CCOC(CNc1nc(N)n(C)c(=O)c1[N+](=O)[O-])OCC. The zero-order valence-electron chi connectivity index (χ0n) is 12.2. The Hall–Kier alpha value is -2.20. The number of nitrogens with zero attached hydrogens (tertiary/aromatic N) is 3. The molecule has 10 heteroatoms. The van der Waals surface area contributed by atoms with Crippen LogP contribution < -0.4 is 16.6 Å². The van der Waals surface area contributed by atoms with Gasteiger partial charge in [-0.25, -0.2) is 0 Å². The molecule has 10 nitrogen and oxygen atoms in total. The Bertz CT molecular complexity index is 553. The summed E-state index contributed by atoms with van der Waals surface area (Å²) < 4.78 is 11.5. The summed E-state index contributed by atoms with van der Waals surface area (Å²) in [6, 6.07) is 0. The van der Waals surface area contributed by atoms with Crippen molar-refractivity contribution in [3.05, 3.63) is 20.5 Å². The van der Waals surface area contributed by atoms with Crippen LogP contribution in [0.15, 0.2) is 4.79 Å². The van der Waals surface area contributed by atoms with E-state index in [0.717, 1.165) is 4.57 Å². The largest absolute Gasteiger partial charge is 0.375 e. The van der Waals surface area contributed by atoms with Gasteiger partial charge in [0.15, 0.2) is 6.29 Å². The molecule has 0 aliphatic rings. The highest BCUT2D eigenvalue weighted by Gasteiger charge is 2.24. The van der Waals surface area contributed by atoms with Gasteiger partial charge in [-0.05, 0) is 13.8 Å². The number of nitrogens with two attached hydrogens (primary N) is 1. The van der Waals surface area contributed by atoms with Crippen LogP contribution in [0.4, 0.5) is 17.5 Å². The summed E-state index contributed by atoms with van der Waals surface area (Å²) in [5.41, 5.74) is 4.04. The molecule has 0 aliphatic heterocycles. The summed E-state index contributed by atoms with van der Waals surface area (Å²) in [4.78, 5) is 25.9. The van der Waals surface area contributed by atoms with Crippen LogP contribution in [0.5, 0.6) is 0 Å². The molecule has 0 spiro atoms. The van der Waals surface area contributed by atoms with Crippen molar-refractivity contribution in [2.24, 2.45) is 7.05 Å². The summed E-state index contributed by atoms with van der Waals surface area (Å²) in [6.07, 6.45) is -0.605. The van der Waals surface area contributed by atoms with E-state index < -0.39 is 22.5 Å². The lowest BCUT2D eigenvalue weighted by Gasteiger charge is -2.17. The molecule has 1 aromatic rings. The van der Waals surface area contributed by atoms with Gasteiger partial charge in [-0.2, -0.15) is 4.98 Å². The maximum absolute atomic E-state index is 11.8. The molecule has 3 N–H and O–H groups in total. The van der Waals surface area contributed by atoms with E-state index in [1.807, 2.05) is 0 Å². The van der Waals surface area contributed by atoms with Gasteiger partial charge in [0.1, 0.15) is 0 Å². The second kappa shape index (κ2) is 7.55. The fraction of sp³-hybridized carbons (Fsp3) is 0.636. The maximum Gasteiger partial charge on any atom is 0.375 e. The fourth-order valence-corrected chi connectivity index (χ4v) is 1.61. The van der Waals surface area contributed by atoms with E-state index in [4.69, 9.17) is 15.2 Å². The third kappa shape index (κ3) is 4.13. The lowest BCUT2D eigenvalue weighted by molar-refractivity contribution is -0.385. The average molecular weight is 301 g/mol. The molecule has 0 saturated heterocycles. The van der Waals surface area contributed by atoms with Crippen molar-refractivity contribution < 1.29 is 14.4 Å². The standard InChI is InChI=1S/C11H19N5O5/c1-4-20-7(21-5-2)6-13-9-8(16(18)19)10(17)15(3)11(12)14-9/h7,13H,4-6H2,1-3H3,(H2,12,14). The third-order valence-corrected chi connectivity index (χ3v) is 2.63. The van der Waals surface area contributed by atoms with Gasteiger partial charge in [0.25, 0.3) is 0 Å². The molecule has 0 aromatic carbocycles.